The molecular formula is C25H24F7N3O2S. The van der Waals surface area contributed by atoms with Crippen molar-refractivity contribution in [1.29, 1.82) is 5.26 Å². The molecule has 0 atom stereocenters. The molecule has 0 spiro atoms. The van der Waals surface area contributed by atoms with Crippen molar-refractivity contribution in [2.75, 3.05) is 13.1 Å². The predicted molar refractivity (Wildman–Crippen MR) is 123 cm³/mol. The molecule has 1 aromatic heterocycles. The zero-order chi connectivity index (χ0) is 27.7. The fourth-order valence-electron chi connectivity index (χ4n) is 4.86. The van der Waals surface area contributed by atoms with E-state index in [9.17, 15) is 35.5 Å². The standard InChI is InChI=1S/C25H24F7N3O2S/c26-19-11-18(6-3-15(19)12-33)37-13-20-21(23(36)35-9-7-17(8-10-35)25(30,31)32)34-22(38-20)14-1-4-16(5-2-14)24(27,28)29/h3,6,11,14,16-17H,1-2,4-5,7-10,13H2. The molecular weight excluding hydrogens is 539 g/mol. The Balaban J connectivity index is 1.53. The van der Waals surface area contributed by atoms with Crippen LogP contribution in [0, 0.1) is 29.0 Å². The van der Waals surface area contributed by atoms with Crippen molar-refractivity contribution in [2.24, 2.45) is 11.8 Å². The molecule has 5 nitrogen and oxygen atoms in total. The number of carbonyl (C=O) groups is 1. The lowest BCUT2D eigenvalue weighted by Crippen LogP contribution is -2.42. The van der Waals surface area contributed by atoms with Crippen LogP contribution in [0.15, 0.2) is 18.2 Å². The van der Waals surface area contributed by atoms with Gasteiger partial charge in [-0.05, 0) is 50.7 Å². The summed E-state index contributed by atoms with van der Waals surface area (Å²) in [5.74, 6) is -4.44. The lowest BCUT2D eigenvalue weighted by atomic mass is 9.82. The highest BCUT2D eigenvalue weighted by molar-refractivity contribution is 7.12. The fourth-order valence-corrected chi connectivity index (χ4v) is 6.00. The molecule has 0 N–H and O–H groups in total. The van der Waals surface area contributed by atoms with E-state index in [0.717, 1.165) is 17.4 Å². The molecule has 206 valence electrons. The average Bonchev–Trinajstić information content (AvgIpc) is 3.30. The van der Waals surface area contributed by atoms with Crippen LogP contribution < -0.4 is 4.74 Å². The maximum atomic E-state index is 14.0. The third-order valence-corrected chi connectivity index (χ3v) is 8.32. The summed E-state index contributed by atoms with van der Waals surface area (Å²) in [5.41, 5.74) is -0.187. The Morgan fingerprint density at radius 3 is 2.18 bits per heavy atom. The smallest absolute Gasteiger partial charge is 0.391 e. The monoisotopic (exact) mass is 563 g/mol. The molecule has 13 heteroatoms. The van der Waals surface area contributed by atoms with Gasteiger partial charge >= 0.3 is 12.4 Å². The lowest BCUT2D eigenvalue weighted by molar-refractivity contribution is -0.184. The van der Waals surface area contributed by atoms with Crippen molar-refractivity contribution in [3.63, 3.8) is 0 Å². The molecule has 2 heterocycles. The van der Waals surface area contributed by atoms with Gasteiger partial charge in [0.2, 0.25) is 0 Å². The number of halogens is 7. The number of hydrogen-bond donors (Lipinski definition) is 0. The number of amides is 1. The second-order valence-corrected chi connectivity index (χ2v) is 10.7. The van der Waals surface area contributed by atoms with Crippen molar-refractivity contribution < 1.29 is 40.3 Å². The molecule has 2 aliphatic rings. The van der Waals surface area contributed by atoms with Gasteiger partial charge in [0.25, 0.3) is 5.91 Å². The first-order valence-corrected chi connectivity index (χ1v) is 12.9. The molecule has 0 bridgehead atoms. The van der Waals surface area contributed by atoms with Crippen molar-refractivity contribution in [3.05, 3.63) is 45.2 Å². The molecule has 38 heavy (non-hydrogen) atoms. The van der Waals surface area contributed by atoms with E-state index in [0.29, 0.717) is 9.88 Å². The number of rotatable bonds is 5. The quantitative estimate of drug-likeness (QED) is 0.368. The average molecular weight is 564 g/mol. The van der Waals surface area contributed by atoms with Crippen LogP contribution in [-0.4, -0.2) is 41.2 Å². The van der Waals surface area contributed by atoms with Gasteiger partial charge in [0, 0.05) is 25.1 Å². The molecule has 2 fully saturated rings. The van der Waals surface area contributed by atoms with Crippen LogP contribution in [-0.2, 0) is 6.61 Å². The van der Waals surface area contributed by atoms with E-state index >= 15 is 0 Å². The van der Waals surface area contributed by atoms with Gasteiger partial charge in [0.1, 0.15) is 29.9 Å². The van der Waals surface area contributed by atoms with Crippen LogP contribution in [0.25, 0.3) is 0 Å². The summed E-state index contributed by atoms with van der Waals surface area (Å²) in [6.45, 7) is -0.414. The van der Waals surface area contributed by atoms with Crippen molar-refractivity contribution >= 4 is 17.2 Å². The van der Waals surface area contributed by atoms with Gasteiger partial charge in [-0.25, -0.2) is 9.37 Å². The van der Waals surface area contributed by atoms with E-state index in [-0.39, 0.29) is 81.1 Å². The number of nitrogens with zero attached hydrogens (tertiary/aromatic N) is 3. The normalized spacial score (nSPS) is 21.3. The summed E-state index contributed by atoms with van der Waals surface area (Å²) >= 11 is 1.11. The molecule has 1 saturated carbocycles. The largest absolute Gasteiger partial charge is 0.488 e. The van der Waals surface area contributed by atoms with Crippen LogP contribution in [0.5, 0.6) is 5.75 Å². The second-order valence-electron chi connectivity index (χ2n) is 9.56. The van der Waals surface area contributed by atoms with Gasteiger partial charge in [-0.2, -0.15) is 31.6 Å². The number of thiazole rings is 1. The number of benzene rings is 1. The maximum Gasteiger partial charge on any atom is 0.391 e. The van der Waals surface area contributed by atoms with E-state index in [4.69, 9.17) is 10.00 Å². The first-order chi connectivity index (χ1) is 17.9. The number of nitriles is 1. The number of hydrogen-bond acceptors (Lipinski definition) is 5. The first-order valence-electron chi connectivity index (χ1n) is 12.1. The number of likely N-dealkylation sites (tertiary alicyclic amines) is 1. The Bertz CT molecular complexity index is 1190. The summed E-state index contributed by atoms with van der Waals surface area (Å²) in [5, 5.41) is 9.36. The Morgan fingerprint density at radius 2 is 1.63 bits per heavy atom. The fraction of sp³-hybridized carbons (Fsp3) is 0.560. The van der Waals surface area contributed by atoms with Crippen LogP contribution in [0.2, 0.25) is 0 Å². The zero-order valence-electron chi connectivity index (χ0n) is 20.0. The third kappa shape index (κ3) is 6.39. The van der Waals surface area contributed by atoms with E-state index in [1.807, 2.05) is 0 Å². The molecule has 1 aliphatic heterocycles. The molecule has 2 aromatic rings. The lowest BCUT2D eigenvalue weighted by Gasteiger charge is -2.32. The molecule has 1 aliphatic carbocycles. The highest BCUT2D eigenvalue weighted by atomic mass is 32.1. The molecule has 1 aromatic carbocycles. The number of piperidine rings is 1. The Morgan fingerprint density at radius 1 is 1.03 bits per heavy atom. The van der Waals surface area contributed by atoms with Crippen LogP contribution in [0.1, 0.15) is 70.4 Å². The first kappa shape index (κ1) is 28.1. The van der Waals surface area contributed by atoms with Crippen LogP contribution in [0.3, 0.4) is 0 Å². The Kier molecular flexibility index (Phi) is 8.20. The van der Waals surface area contributed by atoms with E-state index in [1.54, 1.807) is 6.07 Å². The van der Waals surface area contributed by atoms with Crippen molar-refractivity contribution in [3.8, 4) is 11.8 Å². The SMILES string of the molecule is N#Cc1ccc(OCc2sc(C3CCC(C(F)(F)F)CC3)nc2C(=O)N2CCC(C(F)(F)F)CC2)cc1F. The Hall–Kier alpha value is -2.88. The number of ether oxygens (including phenoxy) is 1. The minimum Gasteiger partial charge on any atom is -0.488 e. The minimum atomic E-state index is -4.34. The predicted octanol–water partition coefficient (Wildman–Crippen LogP) is 6.98. The third-order valence-electron chi connectivity index (χ3n) is 7.13. The number of alkyl halides is 6. The minimum absolute atomic E-state index is 0.0116. The van der Waals surface area contributed by atoms with E-state index in [2.05, 4.69) is 4.98 Å². The molecule has 0 unspecified atom stereocenters. The number of aromatic nitrogens is 1. The second kappa shape index (κ2) is 11.1. The summed E-state index contributed by atoms with van der Waals surface area (Å²) in [6.07, 6.45) is -8.71. The van der Waals surface area contributed by atoms with Crippen molar-refractivity contribution in [2.45, 2.75) is 63.4 Å². The van der Waals surface area contributed by atoms with Gasteiger partial charge in [0.05, 0.1) is 27.3 Å². The van der Waals surface area contributed by atoms with Gasteiger partial charge in [-0.3, -0.25) is 4.79 Å². The number of carbonyl (C=O) groups excluding carboxylic acids is 1. The molecule has 1 amide bonds. The summed E-state index contributed by atoms with van der Waals surface area (Å²) in [7, 11) is 0. The highest BCUT2D eigenvalue weighted by Crippen LogP contribution is 2.44. The van der Waals surface area contributed by atoms with Crippen molar-refractivity contribution in [1.82, 2.24) is 9.88 Å². The summed E-state index contributed by atoms with van der Waals surface area (Å²) < 4.78 is 98.1. The van der Waals surface area contributed by atoms with E-state index in [1.165, 1.54) is 17.0 Å². The van der Waals surface area contributed by atoms with Crippen LogP contribution in [0.4, 0.5) is 30.7 Å². The van der Waals surface area contributed by atoms with Gasteiger partial charge in [-0.1, -0.05) is 0 Å². The van der Waals surface area contributed by atoms with Gasteiger partial charge < -0.3 is 9.64 Å². The zero-order valence-corrected chi connectivity index (χ0v) is 20.9. The summed E-state index contributed by atoms with van der Waals surface area (Å²) in [6, 6.07) is 5.32. The summed E-state index contributed by atoms with van der Waals surface area (Å²) in [4.78, 5) is 19.4. The maximum absolute atomic E-state index is 14.0. The molecule has 4 rings (SSSR count). The van der Waals surface area contributed by atoms with E-state index < -0.39 is 35.9 Å². The van der Waals surface area contributed by atoms with Gasteiger partial charge in [0.15, 0.2) is 0 Å². The molecule has 1 saturated heterocycles. The van der Waals surface area contributed by atoms with Crippen LogP contribution >= 0.6 is 11.3 Å². The Labute approximate surface area is 218 Å². The highest BCUT2D eigenvalue weighted by Gasteiger charge is 2.43. The topological polar surface area (TPSA) is 66.2 Å². The molecule has 0 radical (unpaired) electrons. The van der Waals surface area contributed by atoms with Gasteiger partial charge in [-0.15, -0.1) is 11.3 Å².